The summed E-state index contributed by atoms with van der Waals surface area (Å²) in [6.07, 6.45) is 3.93. The second-order valence-electron chi connectivity index (χ2n) is 4.52. The van der Waals surface area contributed by atoms with Crippen molar-refractivity contribution in [3.05, 3.63) is 29.9 Å². The van der Waals surface area contributed by atoms with Crippen LogP contribution in [-0.4, -0.2) is 16.5 Å². The van der Waals surface area contributed by atoms with Gasteiger partial charge in [-0.25, -0.2) is 4.98 Å². The maximum absolute atomic E-state index is 5.80. The molecule has 0 aromatic carbocycles. The molecule has 1 aliphatic carbocycles. The van der Waals surface area contributed by atoms with E-state index < -0.39 is 0 Å². The van der Waals surface area contributed by atoms with Crippen LogP contribution >= 0.6 is 0 Å². The maximum atomic E-state index is 5.80. The zero-order valence-corrected chi connectivity index (χ0v) is 9.29. The fourth-order valence-electron chi connectivity index (χ4n) is 2.05. The number of nitrogens with one attached hydrogen (secondary N) is 1. The topological polar surface area (TPSA) is 67.8 Å². The number of nitrogens with two attached hydrogens (primary N) is 1. The minimum atomic E-state index is 0.107. The number of aromatic amines is 1. The normalized spacial score (nSPS) is 17.6. The van der Waals surface area contributed by atoms with Crippen LogP contribution < -0.4 is 5.73 Å². The van der Waals surface area contributed by atoms with Gasteiger partial charge in [0.25, 0.3) is 0 Å². The van der Waals surface area contributed by atoms with Gasteiger partial charge in [0.2, 0.25) is 0 Å². The van der Waals surface area contributed by atoms with E-state index >= 15 is 0 Å². The third-order valence-electron chi connectivity index (χ3n) is 3.39. The quantitative estimate of drug-likeness (QED) is 0.825. The van der Waals surface area contributed by atoms with Gasteiger partial charge in [0.05, 0.1) is 6.26 Å². The monoisotopic (exact) mass is 217 g/mol. The number of rotatable bonds is 3. The molecular formula is C12H15N3O. The predicted molar refractivity (Wildman–Crippen MR) is 61.0 cm³/mol. The molecule has 1 fully saturated rings. The van der Waals surface area contributed by atoms with Gasteiger partial charge in [-0.05, 0) is 31.9 Å². The van der Waals surface area contributed by atoms with E-state index in [4.69, 9.17) is 10.2 Å². The lowest BCUT2D eigenvalue weighted by molar-refractivity contribution is 0.579. The standard InChI is InChI=1S/C12H15N3O/c1-8-10(9-3-2-6-16-9)15-11(14-8)12(7-13)4-5-12/h2-3,6H,4-5,7,13H2,1H3,(H,14,15). The smallest absolute Gasteiger partial charge is 0.154 e. The van der Waals surface area contributed by atoms with E-state index in [0.29, 0.717) is 6.54 Å². The number of furan rings is 1. The summed E-state index contributed by atoms with van der Waals surface area (Å²) >= 11 is 0. The first-order valence-electron chi connectivity index (χ1n) is 5.56. The highest BCUT2D eigenvalue weighted by molar-refractivity contribution is 5.55. The van der Waals surface area contributed by atoms with Gasteiger partial charge in [-0.15, -0.1) is 0 Å². The number of imidazole rings is 1. The number of H-pyrrole nitrogens is 1. The Hall–Kier alpha value is -1.55. The maximum Gasteiger partial charge on any atom is 0.154 e. The first-order valence-corrected chi connectivity index (χ1v) is 5.56. The second-order valence-corrected chi connectivity index (χ2v) is 4.52. The molecule has 0 saturated heterocycles. The van der Waals surface area contributed by atoms with E-state index in [1.165, 1.54) is 0 Å². The van der Waals surface area contributed by atoms with E-state index in [9.17, 15) is 0 Å². The average Bonchev–Trinajstić information content (AvgIpc) is 2.73. The molecule has 4 heteroatoms. The summed E-state index contributed by atoms with van der Waals surface area (Å²) in [5, 5.41) is 0. The third kappa shape index (κ3) is 1.30. The summed E-state index contributed by atoms with van der Waals surface area (Å²) in [5.74, 6) is 1.83. The summed E-state index contributed by atoms with van der Waals surface area (Å²) in [5.41, 5.74) is 7.85. The first-order chi connectivity index (χ1) is 7.75. The van der Waals surface area contributed by atoms with Gasteiger partial charge in [0, 0.05) is 17.7 Å². The average molecular weight is 217 g/mol. The molecule has 84 valence electrons. The Morgan fingerprint density at radius 1 is 1.56 bits per heavy atom. The van der Waals surface area contributed by atoms with E-state index in [2.05, 4.69) is 9.97 Å². The molecule has 3 rings (SSSR count). The number of hydrogen-bond acceptors (Lipinski definition) is 3. The molecule has 0 radical (unpaired) electrons. The minimum Gasteiger partial charge on any atom is -0.463 e. The van der Waals surface area contributed by atoms with Crippen LogP contribution in [0, 0.1) is 6.92 Å². The minimum absolute atomic E-state index is 0.107. The molecule has 0 unspecified atom stereocenters. The van der Waals surface area contributed by atoms with Crippen molar-refractivity contribution in [2.75, 3.05) is 6.54 Å². The lowest BCUT2D eigenvalue weighted by Gasteiger charge is -2.06. The van der Waals surface area contributed by atoms with Crippen LogP contribution in [0.15, 0.2) is 22.8 Å². The molecule has 0 amide bonds. The Balaban J connectivity index is 2.03. The fraction of sp³-hybridized carbons (Fsp3) is 0.417. The van der Waals surface area contributed by atoms with Crippen molar-refractivity contribution in [3.63, 3.8) is 0 Å². The Morgan fingerprint density at radius 3 is 2.94 bits per heavy atom. The predicted octanol–water partition coefficient (Wildman–Crippen LogP) is 1.97. The van der Waals surface area contributed by atoms with Crippen molar-refractivity contribution >= 4 is 0 Å². The van der Waals surface area contributed by atoms with Gasteiger partial charge in [-0.1, -0.05) is 0 Å². The molecule has 1 aliphatic rings. The molecule has 0 atom stereocenters. The zero-order valence-electron chi connectivity index (χ0n) is 9.29. The molecule has 2 heterocycles. The van der Waals surface area contributed by atoms with E-state index in [0.717, 1.165) is 35.8 Å². The SMILES string of the molecule is Cc1[nH]c(C2(CN)CC2)nc1-c1ccco1. The van der Waals surface area contributed by atoms with Crippen molar-refractivity contribution in [1.29, 1.82) is 0 Å². The van der Waals surface area contributed by atoms with Gasteiger partial charge in [0.15, 0.2) is 5.76 Å². The summed E-state index contributed by atoms with van der Waals surface area (Å²) < 4.78 is 5.37. The van der Waals surface area contributed by atoms with Gasteiger partial charge >= 0.3 is 0 Å². The fourth-order valence-corrected chi connectivity index (χ4v) is 2.05. The lowest BCUT2D eigenvalue weighted by atomic mass is 10.1. The van der Waals surface area contributed by atoms with Gasteiger partial charge < -0.3 is 15.1 Å². The molecule has 16 heavy (non-hydrogen) atoms. The number of aromatic nitrogens is 2. The number of nitrogens with zero attached hydrogens (tertiary/aromatic N) is 1. The van der Waals surface area contributed by atoms with Crippen LogP contribution in [-0.2, 0) is 5.41 Å². The highest BCUT2D eigenvalue weighted by Gasteiger charge is 2.46. The molecule has 2 aromatic heterocycles. The highest BCUT2D eigenvalue weighted by Crippen LogP contribution is 2.46. The van der Waals surface area contributed by atoms with E-state index in [1.54, 1.807) is 6.26 Å². The molecule has 1 saturated carbocycles. The van der Waals surface area contributed by atoms with Crippen LogP contribution in [0.1, 0.15) is 24.4 Å². The van der Waals surface area contributed by atoms with Crippen molar-refractivity contribution < 1.29 is 4.42 Å². The first kappa shape index (κ1) is 9.66. The summed E-state index contributed by atoms with van der Waals surface area (Å²) in [7, 11) is 0. The summed E-state index contributed by atoms with van der Waals surface area (Å²) in [6.45, 7) is 2.68. The summed E-state index contributed by atoms with van der Waals surface area (Å²) in [6, 6.07) is 3.80. The Kier molecular flexibility index (Phi) is 1.94. The van der Waals surface area contributed by atoms with Crippen LogP contribution in [0.2, 0.25) is 0 Å². The van der Waals surface area contributed by atoms with E-state index in [-0.39, 0.29) is 5.41 Å². The zero-order chi connectivity index (χ0) is 11.2. The van der Waals surface area contributed by atoms with Crippen molar-refractivity contribution in [2.45, 2.75) is 25.2 Å². The van der Waals surface area contributed by atoms with Crippen molar-refractivity contribution in [3.8, 4) is 11.5 Å². The summed E-state index contributed by atoms with van der Waals surface area (Å²) in [4.78, 5) is 7.96. The number of aryl methyl sites for hydroxylation is 1. The van der Waals surface area contributed by atoms with Crippen molar-refractivity contribution in [2.24, 2.45) is 5.73 Å². The Labute approximate surface area is 93.9 Å². The lowest BCUT2D eigenvalue weighted by Crippen LogP contribution is -2.21. The second kappa shape index (κ2) is 3.22. The van der Waals surface area contributed by atoms with Gasteiger partial charge in [0.1, 0.15) is 11.5 Å². The molecule has 0 aliphatic heterocycles. The molecule has 3 N–H and O–H groups in total. The van der Waals surface area contributed by atoms with Crippen LogP contribution in [0.3, 0.4) is 0 Å². The third-order valence-corrected chi connectivity index (χ3v) is 3.39. The Bertz CT molecular complexity index is 494. The van der Waals surface area contributed by atoms with E-state index in [1.807, 2.05) is 19.1 Å². The molecular weight excluding hydrogens is 202 g/mol. The Morgan fingerprint density at radius 2 is 2.38 bits per heavy atom. The van der Waals surface area contributed by atoms with Crippen LogP contribution in [0.25, 0.3) is 11.5 Å². The van der Waals surface area contributed by atoms with Gasteiger partial charge in [-0.2, -0.15) is 0 Å². The molecule has 4 nitrogen and oxygen atoms in total. The molecule has 0 spiro atoms. The van der Waals surface area contributed by atoms with Crippen molar-refractivity contribution in [1.82, 2.24) is 9.97 Å². The van der Waals surface area contributed by atoms with Crippen LogP contribution in [0.4, 0.5) is 0 Å². The largest absolute Gasteiger partial charge is 0.463 e. The molecule has 0 bridgehead atoms. The van der Waals surface area contributed by atoms with Crippen LogP contribution in [0.5, 0.6) is 0 Å². The molecule has 2 aromatic rings. The number of hydrogen-bond donors (Lipinski definition) is 2. The highest BCUT2D eigenvalue weighted by atomic mass is 16.3. The van der Waals surface area contributed by atoms with Gasteiger partial charge in [-0.3, -0.25) is 0 Å².